The van der Waals surface area contributed by atoms with E-state index in [4.69, 9.17) is 22.5 Å². The third-order valence-electron chi connectivity index (χ3n) is 2.65. The van der Waals surface area contributed by atoms with E-state index in [9.17, 15) is 4.79 Å². The zero-order valence-electron chi connectivity index (χ0n) is 10.4. The van der Waals surface area contributed by atoms with E-state index in [0.717, 1.165) is 0 Å². The number of hydrogen-bond acceptors (Lipinski definition) is 3. The molecule has 0 fully saturated rings. The summed E-state index contributed by atoms with van der Waals surface area (Å²) < 4.78 is 0. The monoisotopic (exact) mass is 289 g/mol. The number of carbonyl (C=O) groups is 1. The van der Waals surface area contributed by atoms with E-state index in [2.05, 4.69) is 10.5 Å². The first-order valence-electron chi connectivity index (χ1n) is 5.75. The first-order chi connectivity index (χ1) is 9.61. The number of amidine groups is 1. The summed E-state index contributed by atoms with van der Waals surface area (Å²) in [6, 6.07) is 13.4. The Bertz CT molecular complexity index is 657. The second-order valence-corrected chi connectivity index (χ2v) is 4.43. The fourth-order valence-corrected chi connectivity index (χ4v) is 1.85. The van der Waals surface area contributed by atoms with Crippen molar-refractivity contribution in [3.8, 4) is 0 Å². The van der Waals surface area contributed by atoms with Crippen molar-refractivity contribution in [1.29, 1.82) is 0 Å². The SMILES string of the molecule is NC(=NO)c1ccc(Cl)cc1NC(=O)c1ccccc1. The maximum absolute atomic E-state index is 12.1. The van der Waals surface area contributed by atoms with Gasteiger partial charge in [-0.05, 0) is 30.3 Å². The minimum atomic E-state index is -0.306. The molecule has 0 bridgehead atoms. The maximum Gasteiger partial charge on any atom is 0.255 e. The van der Waals surface area contributed by atoms with Crippen LogP contribution in [0.25, 0.3) is 0 Å². The van der Waals surface area contributed by atoms with Crippen molar-refractivity contribution in [1.82, 2.24) is 0 Å². The van der Waals surface area contributed by atoms with Crippen molar-refractivity contribution in [3.63, 3.8) is 0 Å². The average Bonchev–Trinajstić information content (AvgIpc) is 2.47. The Balaban J connectivity index is 2.33. The van der Waals surface area contributed by atoms with E-state index in [0.29, 0.717) is 21.8 Å². The van der Waals surface area contributed by atoms with Crippen molar-refractivity contribution < 1.29 is 10.0 Å². The van der Waals surface area contributed by atoms with Crippen molar-refractivity contribution in [2.45, 2.75) is 0 Å². The van der Waals surface area contributed by atoms with Gasteiger partial charge in [-0.25, -0.2) is 0 Å². The summed E-state index contributed by atoms with van der Waals surface area (Å²) in [5.41, 5.74) is 6.83. The minimum absolute atomic E-state index is 0.106. The summed E-state index contributed by atoms with van der Waals surface area (Å²) in [5, 5.41) is 14.8. The van der Waals surface area contributed by atoms with Crippen LogP contribution in [0, 0.1) is 0 Å². The number of amides is 1. The summed E-state index contributed by atoms with van der Waals surface area (Å²) in [7, 11) is 0. The molecule has 2 aromatic rings. The van der Waals surface area contributed by atoms with Crippen LogP contribution in [0.4, 0.5) is 5.69 Å². The zero-order valence-corrected chi connectivity index (χ0v) is 11.1. The lowest BCUT2D eigenvalue weighted by Crippen LogP contribution is -2.19. The smallest absolute Gasteiger partial charge is 0.255 e. The normalized spacial score (nSPS) is 11.2. The van der Waals surface area contributed by atoms with Crippen LogP contribution in [0.5, 0.6) is 0 Å². The maximum atomic E-state index is 12.1. The number of nitrogens with zero attached hydrogens (tertiary/aromatic N) is 1. The summed E-state index contributed by atoms with van der Waals surface area (Å²) >= 11 is 5.90. The summed E-state index contributed by atoms with van der Waals surface area (Å²) in [5.74, 6) is -0.412. The number of hydrogen-bond donors (Lipinski definition) is 3. The van der Waals surface area contributed by atoms with E-state index in [1.54, 1.807) is 36.4 Å². The highest BCUT2D eigenvalue weighted by molar-refractivity contribution is 6.31. The van der Waals surface area contributed by atoms with Crippen molar-refractivity contribution in [3.05, 3.63) is 64.7 Å². The Morgan fingerprint density at radius 3 is 2.55 bits per heavy atom. The van der Waals surface area contributed by atoms with Gasteiger partial charge in [-0.1, -0.05) is 35.0 Å². The van der Waals surface area contributed by atoms with Gasteiger partial charge in [-0.2, -0.15) is 0 Å². The number of rotatable bonds is 3. The molecule has 0 atom stereocenters. The van der Waals surface area contributed by atoms with Crippen molar-refractivity contribution in [2.75, 3.05) is 5.32 Å². The standard InChI is InChI=1S/C14H12ClN3O2/c15-10-6-7-11(13(16)18-20)12(8-10)17-14(19)9-4-2-1-3-5-9/h1-8,20H,(H2,16,18)(H,17,19). The average molecular weight is 290 g/mol. The minimum Gasteiger partial charge on any atom is -0.409 e. The molecule has 0 unspecified atom stereocenters. The highest BCUT2D eigenvalue weighted by Crippen LogP contribution is 2.21. The molecule has 0 radical (unpaired) electrons. The molecule has 4 N–H and O–H groups in total. The number of benzene rings is 2. The van der Waals surface area contributed by atoms with Crippen molar-refractivity contribution >= 4 is 29.0 Å². The summed E-state index contributed by atoms with van der Waals surface area (Å²) in [6.45, 7) is 0. The van der Waals surface area contributed by atoms with Crippen LogP contribution in [0.3, 0.4) is 0 Å². The van der Waals surface area contributed by atoms with Gasteiger partial charge in [-0.3, -0.25) is 4.79 Å². The molecule has 2 rings (SSSR count). The first-order valence-corrected chi connectivity index (χ1v) is 6.13. The molecular formula is C14H12ClN3O2. The fraction of sp³-hybridized carbons (Fsp3) is 0. The lowest BCUT2D eigenvalue weighted by molar-refractivity contribution is 0.102. The molecule has 102 valence electrons. The lowest BCUT2D eigenvalue weighted by atomic mass is 10.1. The third kappa shape index (κ3) is 3.07. The molecule has 20 heavy (non-hydrogen) atoms. The Morgan fingerprint density at radius 1 is 1.20 bits per heavy atom. The molecule has 0 aliphatic heterocycles. The second kappa shape index (κ2) is 6.08. The van der Waals surface area contributed by atoms with E-state index in [-0.39, 0.29) is 11.7 Å². The fourth-order valence-electron chi connectivity index (χ4n) is 1.68. The van der Waals surface area contributed by atoms with Crippen molar-refractivity contribution in [2.24, 2.45) is 10.9 Å². The van der Waals surface area contributed by atoms with Gasteiger partial charge in [0.2, 0.25) is 0 Å². The Morgan fingerprint density at radius 2 is 1.90 bits per heavy atom. The van der Waals surface area contributed by atoms with E-state index in [1.165, 1.54) is 6.07 Å². The first kappa shape index (κ1) is 13.9. The molecule has 1 amide bonds. The van der Waals surface area contributed by atoms with Gasteiger partial charge in [0.1, 0.15) is 0 Å². The molecular weight excluding hydrogens is 278 g/mol. The van der Waals surface area contributed by atoms with Crippen LogP contribution in [0.1, 0.15) is 15.9 Å². The Labute approximate surface area is 120 Å². The van der Waals surface area contributed by atoms with Gasteiger partial charge in [0.15, 0.2) is 5.84 Å². The second-order valence-electron chi connectivity index (χ2n) is 4.00. The molecule has 0 spiro atoms. The van der Waals surface area contributed by atoms with Gasteiger partial charge in [0.05, 0.1) is 5.69 Å². The topological polar surface area (TPSA) is 87.7 Å². The Kier molecular flexibility index (Phi) is 4.22. The molecule has 0 aliphatic rings. The number of nitrogens with one attached hydrogen (secondary N) is 1. The zero-order chi connectivity index (χ0) is 14.5. The lowest BCUT2D eigenvalue weighted by Gasteiger charge is -2.10. The predicted octanol–water partition coefficient (Wildman–Crippen LogP) is 2.69. The molecule has 0 saturated heterocycles. The number of anilines is 1. The van der Waals surface area contributed by atoms with E-state index < -0.39 is 0 Å². The highest BCUT2D eigenvalue weighted by Gasteiger charge is 2.12. The molecule has 0 saturated carbocycles. The van der Waals surface area contributed by atoms with Crippen LogP contribution in [-0.2, 0) is 0 Å². The van der Waals surface area contributed by atoms with E-state index >= 15 is 0 Å². The van der Waals surface area contributed by atoms with Gasteiger partial charge in [0, 0.05) is 16.1 Å². The van der Waals surface area contributed by atoms with Gasteiger partial charge >= 0.3 is 0 Å². The molecule has 6 heteroatoms. The predicted molar refractivity (Wildman–Crippen MR) is 78.4 cm³/mol. The number of oxime groups is 1. The van der Waals surface area contributed by atoms with Crippen LogP contribution >= 0.6 is 11.6 Å². The Hall–Kier alpha value is -2.53. The molecule has 5 nitrogen and oxygen atoms in total. The van der Waals surface area contributed by atoms with Crippen LogP contribution in [-0.4, -0.2) is 17.0 Å². The number of halogens is 1. The largest absolute Gasteiger partial charge is 0.409 e. The van der Waals surface area contributed by atoms with Gasteiger partial charge in [0.25, 0.3) is 5.91 Å². The number of carbonyl (C=O) groups excluding carboxylic acids is 1. The third-order valence-corrected chi connectivity index (χ3v) is 2.88. The summed E-state index contributed by atoms with van der Waals surface area (Å²) in [6.07, 6.45) is 0. The highest BCUT2D eigenvalue weighted by atomic mass is 35.5. The molecule has 0 heterocycles. The quantitative estimate of drug-likeness (QED) is 0.351. The van der Waals surface area contributed by atoms with Gasteiger partial charge < -0.3 is 16.3 Å². The van der Waals surface area contributed by atoms with Crippen LogP contribution in [0.15, 0.2) is 53.7 Å². The van der Waals surface area contributed by atoms with Crippen LogP contribution < -0.4 is 11.1 Å². The van der Waals surface area contributed by atoms with Gasteiger partial charge in [-0.15, -0.1) is 0 Å². The molecule has 0 aliphatic carbocycles. The van der Waals surface area contributed by atoms with Crippen LogP contribution in [0.2, 0.25) is 5.02 Å². The van der Waals surface area contributed by atoms with E-state index in [1.807, 2.05) is 6.07 Å². The molecule has 0 aromatic heterocycles. The summed E-state index contributed by atoms with van der Waals surface area (Å²) in [4.78, 5) is 12.1. The molecule has 2 aromatic carbocycles. The number of nitrogens with two attached hydrogens (primary N) is 1.